The van der Waals surface area contributed by atoms with Gasteiger partial charge >= 0.3 is 0 Å². The number of allylic oxidation sites excluding steroid dienone is 1. The molecule has 1 aliphatic rings. The molecule has 0 saturated carbocycles. The predicted octanol–water partition coefficient (Wildman–Crippen LogP) is 4.71. The normalized spacial score (nSPS) is 13.8. The highest BCUT2D eigenvalue weighted by Crippen LogP contribution is 2.30. The topological polar surface area (TPSA) is 61.7 Å². The van der Waals surface area contributed by atoms with Crippen molar-refractivity contribution in [3.05, 3.63) is 70.0 Å². The molecule has 1 N–H and O–H groups in total. The Morgan fingerprint density at radius 3 is 3.00 bits per heavy atom. The molecule has 4 rings (SSSR count). The van der Waals surface area contributed by atoms with E-state index in [0.29, 0.717) is 18.0 Å². The second-order valence-corrected chi connectivity index (χ2v) is 6.38. The highest BCUT2D eigenvalue weighted by molar-refractivity contribution is 9.10. The Hall–Kier alpha value is -2.84. The van der Waals surface area contributed by atoms with E-state index < -0.39 is 0 Å². The fourth-order valence-electron chi connectivity index (χ4n) is 2.67. The standard InChI is InChI=1S/C19H12BrN3O/c20-15-5-6-18-13(9-15)7-12(11-24-18)8-14(10-21)19-22-16-3-1-2-4-17(16)23-19/h1-9H,11H2,(H,22,23)/b14-8+. The number of H-pyrrole nitrogens is 1. The monoisotopic (exact) mass is 377 g/mol. The molecule has 0 aliphatic carbocycles. The third kappa shape index (κ3) is 2.72. The fraction of sp³-hybridized carbons (Fsp3) is 0.0526. The van der Waals surface area contributed by atoms with Crippen LogP contribution in [-0.4, -0.2) is 16.6 Å². The molecule has 5 heteroatoms. The molecule has 0 spiro atoms. The third-order valence-electron chi connectivity index (χ3n) is 3.80. The first kappa shape index (κ1) is 14.7. The molecule has 1 aromatic heterocycles. The first-order valence-corrected chi connectivity index (χ1v) is 8.22. The summed E-state index contributed by atoms with van der Waals surface area (Å²) in [5.41, 5.74) is 4.16. The molecule has 2 aromatic carbocycles. The average molecular weight is 378 g/mol. The van der Waals surface area contributed by atoms with Crippen molar-refractivity contribution in [1.29, 1.82) is 5.26 Å². The second-order valence-electron chi connectivity index (χ2n) is 5.46. The maximum Gasteiger partial charge on any atom is 0.149 e. The van der Waals surface area contributed by atoms with E-state index in [1.807, 2.05) is 54.6 Å². The van der Waals surface area contributed by atoms with Crippen molar-refractivity contribution in [2.45, 2.75) is 0 Å². The van der Waals surface area contributed by atoms with E-state index in [2.05, 4.69) is 32.0 Å². The van der Waals surface area contributed by atoms with Gasteiger partial charge in [-0.15, -0.1) is 0 Å². The molecule has 24 heavy (non-hydrogen) atoms. The van der Waals surface area contributed by atoms with Crippen LogP contribution < -0.4 is 4.74 Å². The van der Waals surface area contributed by atoms with Crippen molar-refractivity contribution in [2.24, 2.45) is 0 Å². The van der Waals surface area contributed by atoms with Crippen LogP contribution in [0.1, 0.15) is 11.4 Å². The Kier molecular flexibility index (Phi) is 3.68. The largest absolute Gasteiger partial charge is 0.488 e. The molecule has 0 radical (unpaired) electrons. The van der Waals surface area contributed by atoms with E-state index in [1.165, 1.54) is 0 Å². The van der Waals surface area contributed by atoms with Gasteiger partial charge in [-0.25, -0.2) is 4.98 Å². The average Bonchev–Trinajstić information content (AvgIpc) is 3.03. The first-order chi connectivity index (χ1) is 11.7. The molecule has 2 heterocycles. The van der Waals surface area contributed by atoms with Crippen molar-refractivity contribution < 1.29 is 4.74 Å². The molecular weight excluding hydrogens is 366 g/mol. The minimum absolute atomic E-state index is 0.431. The molecule has 1 aliphatic heterocycles. The van der Waals surface area contributed by atoms with Crippen LogP contribution in [0.4, 0.5) is 0 Å². The molecule has 0 fully saturated rings. The number of aromatic nitrogens is 2. The maximum atomic E-state index is 9.52. The van der Waals surface area contributed by atoms with Crippen LogP contribution in [0, 0.1) is 11.3 Å². The number of nitrogens with zero attached hydrogens (tertiary/aromatic N) is 2. The fourth-order valence-corrected chi connectivity index (χ4v) is 3.05. The summed E-state index contributed by atoms with van der Waals surface area (Å²) in [7, 11) is 0. The SMILES string of the molecule is N#C/C(=C\C1=Cc2cc(Br)ccc2OC1)c1nc2ccccc2[nH]1. The van der Waals surface area contributed by atoms with Crippen LogP contribution in [0.3, 0.4) is 0 Å². The Morgan fingerprint density at radius 1 is 1.29 bits per heavy atom. The van der Waals surface area contributed by atoms with E-state index in [1.54, 1.807) is 0 Å². The molecule has 4 nitrogen and oxygen atoms in total. The number of halogens is 1. The van der Waals surface area contributed by atoms with Crippen LogP contribution in [-0.2, 0) is 0 Å². The van der Waals surface area contributed by atoms with Crippen molar-refractivity contribution in [1.82, 2.24) is 9.97 Å². The minimum Gasteiger partial charge on any atom is -0.488 e. The number of nitriles is 1. The van der Waals surface area contributed by atoms with Crippen molar-refractivity contribution in [3.63, 3.8) is 0 Å². The van der Waals surface area contributed by atoms with Crippen LogP contribution in [0.25, 0.3) is 22.7 Å². The highest BCUT2D eigenvalue weighted by atomic mass is 79.9. The summed E-state index contributed by atoms with van der Waals surface area (Å²) in [6.07, 6.45) is 3.85. The summed E-state index contributed by atoms with van der Waals surface area (Å²) < 4.78 is 6.75. The number of hydrogen-bond acceptors (Lipinski definition) is 3. The molecule has 0 unspecified atom stereocenters. The summed E-state index contributed by atoms with van der Waals surface area (Å²) in [4.78, 5) is 7.67. The third-order valence-corrected chi connectivity index (χ3v) is 4.30. The molecule has 0 amide bonds. The van der Waals surface area contributed by atoms with Gasteiger partial charge in [0.2, 0.25) is 0 Å². The van der Waals surface area contributed by atoms with E-state index in [-0.39, 0.29) is 0 Å². The van der Waals surface area contributed by atoms with Crippen LogP contribution >= 0.6 is 15.9 Å². The number of rotatable bonds is 2. The molecule has 0 saturated heterocycles. The minimum atomic E-state index is 0.431. The van der Waals surface area contributed by atoms with Gasteiger partial charge in [0.25, 0.3) is 0 Å². The number of nitrogens with one attached hydrogen (secondary N) is 1. The van der Waals surface area contributed by atoms with Gasteiger partial charge in [-0.2, -0.15) is 5.26 Å². The molecule has 0 bridgehead atoms. The Morgan fingerprint density at radius 2 is 2.17 bits per heavy atom. The number of aromatic amines is 1. The van der Waals surface area contributed by atoms with Crippen LogP contribution in [0.2, 0.25) is 0 Å². The van der Waals surface area contributed by atoms with Crippen LogP contribution in [0.5, 0.6) is 5.75 Å². The number of imidazole rings is 1. The smallest absolute Gasteiger partial charge is 0.149 e. The molecular formula is C19H12BrN3O. The van der Waals surface area contributed by atoms with Gasteiger partial charge in [-0.05, 0) is 48.1 Å². The van der Waals surface area contributed by atoms with Gasteiger partial charge in [0.1, 0.15) is 24.3 Å². The number of para-hydroxylation sites is 2. The zero-order chi connectivity index (χ0) is 16.5. The number of ether oxygens (including phenoxy) is 1. The number of fused-ring (bicyclic) bond motifs is 2. The lowest BCUT2D eigenvalue weighted by Crippen LogP contribution is -2.06. The van der Waals surface area contributed by atoms with Gasteiger partial charge in [0.05, 0.1) is 16.6 Å². The van der Waals surface area contributed by atoms with Gasteiger partial charge in [-0.1, -0.05) is 28.1 Å². The van der Waals surface area contributed by atoms with Crippen LogP contribution in [0.15, 0.2) is 58.6 Å². The summed E-state index contributed by atoms with van der Waals surface area (Å²) >= 11 is 3.46. The predicted molar refractivity (Wildman–Crippen MR) is 97.3 cm³/mol. The summed E-state index contributed by atoms with van der Waals surface area (Å²) in [6.45, 7) is 0.431. The summed E-state index contributed by atoms with van der Waals surface area (Å²) in [5, 5.41) is 9.52. The van der Waals surface area contributed by atoms with Gasteiger partial charge in [-0.3, -0.25) is 0 Å². The zero-order valence-corrected chi connectivity index (χ0v) is 14.2. The van der Waals surface area contributed by atoms with Gasteiger partial charge in [0, 0.05) is 10.0 Å². The lowest BCUT2D eigenvalue weighted by Gasteiger charge is -2.16. The lowest BCUT2D eigenvalue weighted by atomic mass is 10.1. The van der Waals surface area contributed by atoms with Gasteiger partial charge < -0.3 is 9.72 Å². The number of benzene rings is 2. The van der Waals surface area contributed by atoms with E-state index >= 15 is 0 Å². The Balaban J connectivity index is 1.74. The van der Waals surface area contributed by atoms with Crippen molar-refractivity contribution in [3.8, 4) is 11.8 Å². The molecule has 3 aromatic rings. The maximum absolute atomic E-state index is 9.52. The van der Waals surface area contributed by atoms with Crippen molar-refractivity contribution >= 4 is 38.6 Å². The second kappa shape index (κ2) is 5.99. The summed E-state index contributed by atoms with van der Waals surface area (Å²) in [6, 6.07) is 15.8. The van der Waals surface area contributed by atoms with E-state index in [9.17, 15) is 5.26 Å². The summed E-state index contributed by atoms with van der Waals surface area (Å²) in [5.74, 6) is 1.41. The molecule has 0 atom stereocenters. The van der Waals surface area contributed by atoms with Crippen molar-refractivity contribution in [2.75, 3.05) is 6.61 Å². The van der Waals surface area contributed by atoms with Gasteiger partial charge in [0.15, 0.2) is 0 Å². The Bertz CT molecular complexity index is 1010. The Labute approximate surface area is 147 Å². The zero-order valence-electron chi connectivity index (χ0n) is 12.6. The first-order valence-electron chi connectivity index (χ1n) is 7.43. The van der Waals surface area contributed by atoms with E-state index in [4.69, 9.17) is 4.74 Å². The lowest BCUT2D eigenvalue weighted by molar-refractivity contribution is 0.351. The van der Waals surface area contributed by atoms with E-state index in [0.717, 1.165) is 32.4 Å². The molecule has 116 valence electrons. The number of hydrogen-bond donors (Lipinski definition) is 1. The quantitative estimate of drug-likeness (QED) is 0.657. The highest BCUT2D eigenvalue weighted by Gasteiger charge is 2.13.